The third-order valence-corrected chi connectivity index (χ3v) is 6.83. The number of hydrogen-bond donors (Lipinski definition) is 0. The van der Waals surface area contributed by atoms with Gasteiger partial charge in [0.1, 0.15) is 6.04 Å². The summed E-state index contributed by atoms with van der Waals surface area (Å²) in [6.07, 6.45) is 0. The Morgan fingerprint density at radius 3 is 2.29 bits per heavy atom. The molecule has 2 atom stereocenters. The Labute approximate surface area is 205 Å². The average Bonchev–Trinajstić information content (AvgIpc) is 3.41. The molecule has 35 heavy (non-hydrogen) atoms. The number of carbonyl (C=O) groups excluding carboxylic acids is 3. The van der Waals surface area contributed by atoms with Gasteiger partial charge in [-0.15, -0.1) is 0 Å². The summed E-state index contributed by atoms with van der Waals surface area (Å²) in [7, 11) is 0. The van der Waals surface area contributed by atoms with Crippen LogP contribution in [-0.2, 0) is 4.79 Å². The van der Waals surface area contributed by atoms with E-state index in [1.807, 2.05) is 0 Å². The zero-order valence-corrected chi connectivity index (χ0v) is 19.3. The second-order valence-corrected chi connectivity index (χ2v) is 9.07. The number of amides is 3. The lowest BCUT2D eigenvalue weighted by Crippen LogP contribution is -2.67. The molecule has 3 aliphatic heterocycles. The summed E-state index contributed by atoms with van der Waals surface area (Å²) in [5.74, 6) is -0.805. The van der Waals surface area contributed by atoms with Gasteiger partial charge in [-0.05, 0) is 48.0 Å². The summed E-state index contributed by atoms with van der Waals surface area (Å²) in [5.41, 5.74) is 0.854. The molecule has 11 heteroatoms. The van der Waals surface area contributed by atoms with Crippen LogP contribution in [0, 0.1) is 10.1 Å². The van der Waals surface area contributed by atoms with E-state index in [2.05, 4.69) is 15.9 Å². The van der Waals surface area contributed by atoms with Crippen LogP contribution in [0.25, 0.3) is 0 Å². The number of imide groups is 1. The molecule has 1 fully saturated rings. The van der Waals surface area contributed by atoms with Crippen LogP contribution in [-0.4, -0.2) is 40.4 Å². The molecule has 174 valence electrons. The first kappa shape index (κ1) is 21.3. The fourth-order valence-corrected chi connectivity index (χ4v) is 4.92. The number of nitro benzene ring substituents is 1. The number of β-lactam (4-membered cyclic amide) rings is 1. The third kappa shape index (κ3) is 3.12. The van der Waals surface area contributed by atoms with Gasteiger partial charge in [0.25, 0.3) is 23.4 Å². The molecule has 3 heterocycles. The molecule has 0 bridgehead atoms. The SMILES string of the molecule is O=C1c2ccc([N+](=O)[O-])cc2C(=O)N1[C@H]1C(=O)N(c2ccc(Br)cc2)[C@H]1c1ccc2c(c1)OCO2. The number of benzene rings is 3. The molecule has 0 spiro atoms. The molecular formula is C24H14BrN3O7. The van der Waals surface area contributed by atoms with Crippen molar-refractivity contribution >= 4 is 45.0 Å². The fraction of sp³-hybridized carbons (Fsp3) is 0.125. The third-order valence-electron chi connectivity index (χ3n) is 6.30. The van der Waals surface area contributed by atoms with Gasteiger partial charge in [0.05, 0.1) is 22.1 Å². The summed E-state index contributed by atoms with van der Waals surface area (Å²) < 4.78 is 11.7. The van der Waals surface area contributed by atoms with Crippen molar-refractivity contribution in [3.05, 3.63) is 91.9 Å². The number of carbonyl (C=O) groups is 3. The zero-order valence-electron chi connectivity index (χ0n) is 17.7. The molecule has 1 saturated heterocycles. The maximum Gasteiger partial charge on any atom is 0.270 e. The van der Waals surface area contributed by atoms with Crippen LogP contribution in [0.1, 0.15) is 32.3 Å². The summed E-state index contributed by atoms with van der Waals surface area (Å²) in [6.45, 7) is 0.0689. The van der Waals surface area contributed by atoms with Crippen LogP contribution in [0.15, 0.2) is 65.1 Å². The average molecular weight is 536 g/mol. The normalized spacial score (nSPS) is 20.2. The topological polar surface area (TPSA) is 119 Å². The summed E-state index contributed by atoms with van der Waals surface area (Å²) in [4.78, 5) is 52.9. The van der Waals surface area contributed by atoms with E-state index < -0.39 is 34.7 Å². The Balaban J connectivity index is 1.43. The van der Waals surface area contributed by atoms with Gasteiger partial charge in [-0.25, -0.2) is 0 Å². The number of rotatable bonds is 4. The highest BCUT2D eigenvalue weighted by Gasteiger charge is 2.57. The Hall–Kier alpha value is -4.25. The van der Waals surface area contributed by atoms with Gasteiger partial charge in [0.15, 0.2) is 11.5 Å². The van der Waals surface area contributed by atoms with Gasteiger partial charge in [0, 0.05) is 22.3 Å². The Morgan fingerprint density at radius 2 is 1.54 bits per heavy atom. The van der Waals surface area contributed by atoms with Gasteiger partial charge < -0.3 is 14.4 Å². The summed E-state index contributed by atoms with van der Waals surface area (Å²) in [5, 5.41) is 11.2. The smallest absolute Gasteiger partial charge is 0.270 e. The van der Waals surface area contributed by atoms with Crippen molar-refractivity contribution in [1.82, 2.24) is 4.90 Å². The van der Waals surface area contributed by atoms with E-state index >= 15 is 0 Å². The summed E-state index contributed by atoms with van der Waals surface area (Å²) >= 11 is 3.38. The number of ether oxygens (including phenoxy) is 2. The van der Waals surface area contributed by atoms with Crippen molar-refractivity contribution in [3.8, 4) is 11.5 Å². The lowest BCUT2D eigenvalue weighted by Gasteiger charge is -2.49. The molecule has 0 aromatic heterocycles. The minimum absolute atomic E-state index is 0.0277. The minimum atomic E-state index is -1.13. The van der Waals surface area contributed by atoms with Gasteiger partial charge >= 0.3 is 0 Å². The van der Waals surface area contributed by atoms with Gasteiger partial charge in [0.2, 0.25) is 6.79 Å². The molecule has 3 aromatic carbocycles. The molecule has 6 rings (SSSR count). The lowest BCUT2D eigenvalue weighted by molar-refractivity contribution is -0.384. The predicted octanol–water partition coefficient (Wildman–Crippen LogP) is 3.84. The first-order valence-corrected chi connectivity index (χ1v) is 11.3. The number of hydrogen-bond acceptors (Lipinski definition) is 7. The molecule has 0 aliphatic carbocycles. The fourth-order valence-electron chi connectivity index (χ4n) is 4.66. The highest BCUT2D eigenvalue weighted by atomic mass is 79.9. The van der Waals surface area contributed by atoms with Gasteiger partial charge in [-0.2, -0.15) is 0 Å². The van der Waals surface area contributed by atoms with Crippen molar-refractivity contribution in [3.63, 3.8) is 0 Å². The van der Waals surface area contributed by atoms with Gasteiger partial charge in [-0.1, -0.05) is 22.0 Å². The van der Waals surface area contributed by atoms with Crippen molar-refractivity contribution in [2.24, 2.45) is 0 Å². The van der Waals surface area contributed by atoms with Crippen molar-refractivity contribution in [2.75, 3.05) is 11.7 Å². The number of non-ortho nitro benzene ring substituents is 1. The maximum atomic E-state index is 13.5. The quantitative estimate of drug-likeness (QED) is 0.215. The number of fused-ring (bicyclic) bond motifs is 2. The van der Waals surface area contributed by atoms with E-state index in [4.69, 9.17) is 9.47 Å². The van der Waals surface area contributed by atoms with E-state index in [0.717, 1.165) is 15.4 Å². The molecule has 0 N–H and O–H groups in total. The molecular weight excluding hydrogens is 522 g/mol. The molecule has 0 unspecified atom stereocenters. The predicted molar refractivity (Wildman–Crippen MR) is 124 cm³/mol. The number of nitrogens with zero attached hydrogens (tertiary/aromatic N) is 3. The molecule has 0 saturated carbocycles. The van der Waals surface area contributed by atoms with Crippen LogP contribution >= 0.6 is 15.9 Å². The van der Waals surface area contributed by atoms with Gasteiger partial charge in [-0.3, -0.25) is 29.4 Å². The van der Waals surface area contributed by atoms with E-state index in [-0.39, 0.29) is 23.6 Å². The van der Waals surface area contributed by atoms with E-state index in [1.54, 1.807) is 42.5 Å². The van der Waals surface area contributed by atoms with Crippen LogP contribution in [0.3, 0.4) is 0 Å². The molecule has 0 radical (unpaired) electrons. The van der Waals surface area contributed by atoms with Crippen molar-refractivity contribution in [2.45, 2.75) is 12.1 Å². The maximum absolute atomic E-state index is 13.5. The molecule has 3 aliphatic rings. The Bertz CT molecular complexity index is 1460. The summed E-state index contributed by atoms with van der Waals surface area (Å²) in [6, 6.07) is 13.9. The van der Waals surface area contributed by atoms with E-state index in [1.165, 1.54) is 17.0 Å². The molecule has 3 aromatic rings. The molecule has 3 amide bonds. The first-order valence-electron chi connectivity index (χ1n) is 10.5. The second-order valence-electron chi connectivity index (χ2n) is 8.15. The Kier molecular flexibility index (Phi) is 4.65. The highest BCUT2D eigenvalue weighted by Crippen LogP contribution is 2.46. The Morgan fingerprint density at radius 1 is 0.829 bits per heavy atom. The number of halogens is 1. The van der Waals surface area contributed by atoms with Crippen LogP contribution in [0.5, 0.6) is 11.5 Å². The van der Waals surface area contributed by atoms with E-state index in [0.29, 0.717) is 22.7 Å². The second kappa shape index (κ2) is 7.64. The van der Waals surface area contributed by atoms with Crippen LogP contribution in [0.4, 0.5) is 11.4 Å². The van der Waals surface area contributed by atoms with Crippen LogP contribution in [0.2, 0.25) is 0 Å². The number of anilines is 1. The zero-order chi connectivity index (χ0) is 24.4. The molecule has 10 nitrogen and oxygen atoms in total. The minimum Gasteiger partial charge on any atom is -0.454 e. The standard InChI is InChI=1S/C24H14BrN3O7/c25-13-2-4-14(5-3-13)26-20(12-1-8-18-19(9-12)35-11-34-18)21(24(26)31)27-22(29)16-7-6-15(28(32)33)10-17(16)23(27)30/h1-10,20-21H,11H2/t20-,21+/m0/s1. The largest absolute Gasteiger partial charge is 0.454 e. The van der Waals surface area contributed by atoms with Crippen molar-refractivity contribution in [1.29, 1.82) is 0 Å². The lowest BCUT2D eigenvalue weighted by atomic mass is 9.86. The van der Waals surface area contributed by atoms with Crippen LogP contribution < -0.4 is 14.4 Å². The number of nitro groups is 1. The first-order chi connectivity index (χ1) is 16.8. The monoisotopic (exact) mass is 535 g/mol. The highest BCUT2D eigenvalue weighted by molar-refractivity contribution is 9.10. The van der Waals surface area contributed by atoms with Crippen molar-refractivity contribution < 1.29 is 28.8 Å². The van der Waals surface area contributed by atoms with E-state index in [9.17, 15) is 24.5 Å².